The number of hydrogen-bond acceptors (Lipinski definition) is 1. The van der Waals surface area contributed by atoms with Crippen molar-refractivity contribution in [1.82, 2.24) is 0 Å². The highest BCUT2D eigenvalue weighted by atomic mass is 15.1. The van der Waals surface area contributed by atoms with Crippen molar-refractivity contribution >= 4 is 17.1 Å². The molecule has 128 valence electrons. The van der Waals surface area contributed by atoms with E-state index >= 15 is 0 Å². The van der Waals surface area contributed by atoms with Crippen LogP contribution in [0.25, 0.3) is 5.70 Å². The maximum atomic E-state index is 4.37. The van der Waals surface area contributed by atoms with Gasteiger partial charge in [-0.05, 0) is 43.2 Å². The van der Waals surface area contributed by atoms with Gasteiger partial charge in [0.05, 0.1) is 0 Å². The highest BCUT2D eigenvalue weighted by Gasteiger charge is 2.15. The Morgan fingerprint density at radius 1 is 0.720 bits per heavy atom. The van der Waals surface area contributed by atoms with Crippen molar-refractivity contribution in [1.29, 1.82) is 0 Å². The Balaban J connectivity index is 0.00000109. The largest absolute Gasteiger partial charge is 0.310 e. The summed E-state index contributed by atoms with van der Waals surface area (Å²) in [6, 6.07) is 27.3. The summed E-state index contributed by atoms with van der Waals surface area (Å²) in [7, 11) is 0. The van der Waals surface area contributed by atoms with Gasteiger partial charge in [0.25, 0.3) is 0 Å². The zero-order valence-corrected chi connectivity index (χ0v) is 15.7. The molecule has 1 heteroatoms. The second-order valence-corrected chi connectivity index (χ2v) is 5.77. The minimum absolute atomic E-state index is 0.977. The lowest BCUT2D eigenvalue weighted by atomic mass is 10.1. The van der Waals surface area contributed by atoms with E-state index in [4.69, 9.17) is 0 Å². The number of benzene rings is 3. The van der Waals surface area contributed by atoms with Crippen LogP contribution >= 0.6 is 0 Å². The number of aryl methyl sites for hydroxylation is 2. The van der Waals surface area contributed by atoms with Crippen LogP contribution in [0, 0.1) is 13.8 Å². The van der Waals surface area contributed by atoms with Gasteiger partial charge in [-0.3, -0.25) is 0 Å². The van der Waals surface area contributed by atoms with Gasteiger partial charge in [-0.15, -0.1) is 0 Å². The monoisotopic (exact) mass is 329 g/mol. The van der Waals surface area contributed by atoms with E-state index in [-0.39, 0.29) is 0 Å². The Morgan fingerprint density at radius 2 is 1.28 bits per heavy atom. The predicted molar refractivity (Wildman–Crippen MR) is 111 cm³/mol. The SMILES string of the molecule is C=C(c1ccc(C)cc1)N(c1ccccc1)c1ccccc1C.CC. The lowest BCUT2D eigenvalue weighted by Crippen LogP contribution is -2.15. The molecule has 0 aliphatic heterocycles. The van der Waals surface area contributed by atoms with E-state index in [1.165, 1.54) is 11.1 Å². The van der Waals surface area contributed by atoms with Crippen molar-refractivity contribution in [3.63, 3.8) is 0 Å². The molecular formula is C24H27N. The van der Waals surface area contributed by atoms with Crippen LogP contribution < -0.4 is 4.90 Å². The maximum Gasteiger partial charge on any atom is 0.0490 e. The van der Waals surface area contributed by atoms with Crippen LogP contribution in [0.5, 0.6) is 0 Å². The average Bonchev–Trinajstić information content (AvgIpc) is 2.66. The highest BCUT2D eigenvalue weighted by Crippen LogP contribution is 2.35. The summed E-state index contributed by atoms with van der Waals surface area (Å²) in [5.41, 5.74) is 6.86. The van der Waals surface area contributed by atoms with E-state index in [9.17, 15) is 0 Å². The molecule has 0 N–H and O–H groups in total. The summed E-state index contributed by atoms with van der Waals surface area (Å²) in [6.45, 7) is 12.6. The van der Waals surface area contributed by atoms with E-state index in [2.05, 4.69) is 98.1 Å². The predicted octanol–water partition coefficient (Wildman–Crippen LogP) is 7.14. The first-order valence-electron chi connectivity index (χ1n) is 8.83. The zero-order valence-electron chi connectivity index (χ0n) is 15.7. The minimum Gasteiger partial charge on any atom is -0.310 e. The van der Waals surface area contributed by atoms with Crippen LogP contribution in [0.3, 0.4) is 0 Å². The molecule has 0 heterocycles. The van der Waals surface area contributed by atoms with Gasteiger partial charge in [0, 0.05) is 17.1 Å². The van der Waals surface area contributed by atoms with Gasteiger partial charge < -0.3 is 4.90 Å². The lowest BCUT2D eigenvalue weighted by Gasteiger charge is -2.28. The second kappa shape index (κ2) is 8.89. The van der Waals surface area contributed by atoms with Crippen LogP contribution in [-0.4, -0.2) is 0 Å². The molecule has 0 atom stereocenters. The van der Waals surface area contributed by atoms with Gasteiger partial charge in [0.1, 0.15) is 0 Å². The smallest absolute Gasteiger partial charge is 0.0490 e. The summed E-state index contributed by atoms with van der Waals surface area (Å²) < 4.78 is 0. The molecule has 0 spiro atoms. The Morgan fingerprint density at radius 3 is 1.88 bits per heavy atom. The Labute approximate surface area is 152 Å². The van der Waals surface area contributed by atoms with Crippen LogP contribution in [0.1, 0.15) is 30.5 Å². The highest BCUT2D eigenvalue weighted by molar-refractivity contribution is 5.87. The third kappa shape index (κ3) is 4.39. The molecule has 1 nitrogen and oxygen atoms in total. The Kier molecular flexibility index (Phi) is 6.59. The first-order chi connectivity index (χ1) is 12.2. The van der Waals surface area contributed by atoms with Crippen molar-refractivity contribution < 1.29 is 0 Å². The maximum absolute atomic E-state index is 4.37. The first-order valence-corrected chi connectivity index (χ1v) is 8.83. The molecule has 0 saturated heterocycles. The molecule has 3 rings (SSSR count). The van der Waals surface area contributed by atoms with Crippen molar-refractivity contribution in [2.24, 2.45) is 0 Å². The Hall–Kier alpha value is -2.80. The molecule has 0 amide bonds. The molecular weight excluding hydrogens is 302 g/mol. The van der Waals surface area contributed by atoms with Crippen LogP contribution in [0.2, 0.25) is 0 Å². The minimum atomic E-state index is 0.977. The van der Waals surface area contributed by atoms with Gasteiger partial charge in [-0.1, -0.05) is 86.7 Å². The fourth-order valence-electron chi connectivity index (χ4n) is 2.71. The molecule has 25 heavy (non-hydrogen) atoms. The Bertz CT molecular complexity index is 801. The van der Waals surface area contributed by atoms with Crippen LogP contribution in [0.15, 0.2) is 85.4 Å². The second-order valence-electron chi connectivity index (χ2n) is 5.77. The van der Waals surface area contributed by atoms with Gasteiger partial charge in [0.2, 0.25) is 0 Å². The van der Waals surface area contributed by atoms with Crippen molar-refractivity contribution in [3.8, 4) is 0 Å². The molecule has 3 aromatic carbocycles. The zero-order chi connectivity index (χ0) is 18.2. The molecule has 0 fully saturated rings. The number of para-hydroxylation sites is 2. The van der Waals surface area contributed by atoms with E-state index in [0.717, 1.165) is 22.6 Å². The van der Waals surface area contributed by atoms with Crippen LogP contribution in [0.4, 0.5) is 11.4 Å². The molecule has 0 aliphatic carbocycles. The third-order valence-corrected chi connectivity index (χ3v) is 4.03. The fourth-order valence-corrected chi connectivity index (χ4v) is 2.71. The molecule has 0 saturated carbocycles. The topological polar surface area (TPSA) is 3.24 Å². The van der Waals surface area contributed by atoms with Crippen LogP contribution in [-0.2, 0) is 0 Å². The number of rotatable bonds is 4. The number of anilines is 2. The van der Waals surface area contributed by atoms with E-state index < -0.39 is 0 Å². The van der Waals surface area contributed by atoms with Gasteiger partial charge >= 0.3 is 0 Å². The van der Waals surface area contributed by atoms with E-state index in [0.29, 0.717) is 0 Å². The summed E-state index contributed by atoms with van der Waals surface area (Å²) in [6.07, 6.45) is 0. The normalized spacial score (nSPS) is 9.76. The molecule has 3 aromatic rings. The standard InChI is InChI=1S/C22H21N.C2H6/c1-17-13-15-20(16-14-17)19(3)23(21-10-5-4-6-11-21)22-12-8-7-9-18(22)2;1-2/h4-16H,3H2,1-2H3;1-2H3. The van der Waals surface area contributed by atoms with E-state index in [1.54, 1.807) is 0 Å². The van der Waals surface area contributed by atoms with Gasteiger partial charge in [-0.2, -0.15) is 0 Å². The molecule has 0 aromatic heterocycles. The molecule has 0 aliphatic rings. The first kappa shape index (κ1) is 18.5. The fraction of sp³-hybridized carbons (Fsp3) is 0.167. The lowest BCUT2D eigenvalue weighted by molar-refractivity contribution is 1.26. The molecule has 0 radical (unpaired) electrons. The van der Waals surface area contributed by atoms with Gasteiger partial charge in [0.15, 0.2) is 0 Å². The summed E-state index contributed by atoms with van der Waals surface area (Å²) in [5, 5.41) is 0. The molecule has 0 unspecified atom stereocenters. The summed E-state index contributed by atoms with van der Waals surface area (Å²) in [4.78, 5) is 2.22. The van der Waals surface area contributed by atoms with Crippen molar-refractivity contribution in [2.75, 3.05) is 4.90 Å². The molecule has 0 bridgehead atoms. The average molecular weight is 329 g/mol. The third-order valence-electron chi connectivity index (χ3n) is 4.03. The number of nitrogens with zero attached hydrogens (tertiary/aromatic N) is 1. The van der Waals surface area contributed by atoms with Gasteiger partial charge in [-0.25, -0.2) is 0 Å². The number of hydrogen-bond donors (Lipinski definition) is 0. The van der Waals surface area contributed by atoms with Crippen molar-refractivity contribution in [2.45, 2.75) is 27.7 Å². The summed E-state index contributed by atoms with van der Waals surface area (Å²) >= 11 is 0. The van der Waals surface area contributed by atoms with E-state index in [1.807, 2.05) is 19.9 Å². The quantitative estimate of drug-likeness (QED) is 0.491. The summed E-state index contributed by atoms with van der Waals surface area (Å²) in [5.74, 6) is 0. The van der Waals surface area contributed by atoms with Crippen molar-refractivity contribution in [3.05, 3.63) is 102 Å².